The Hall–Kier alpha value is -4.25. The minimum Gasteiger partial charge on any atom is -0.480 e. The molecular formula is C51H94N8O17S. The van der Waals surface area contributed by atoms with E-state index in [1.807, 2.05) is 6.26 Å². The van der Waals surface area contributed by atoms with Gasteiger partial charge in [0.15, 0.2) is 0 Å². The minimum atomic E-state index is -1.20. The highest BCUT2D eigenvalue weighted by molar-refractivity contribution is 7.98. The number of aliphatic carboxylic acids is 4. The maximum absolute atomic E-state index is 13.2. The van der Waals surface area contributed by atoms with E-state index >= 15 is 0 Å². The summed E-state index contributed by atoms with van der Waals surface area (Å²) in [5.74, 6) is -4.63. The molecule has 1 saturated heterocycles. The number of nitrogens with one attached hydrogen (secondary N) is 4. The SMILES string of the molecule is COCC(C)(C)COCC(C)(C)COCCC(=O)NCCCC[C@H](NC(=O)CCCCSC)C(=O)NCCOCCOCCNC(=O)CCC(C(=O)O)N1CCN(CC(=O)O)CCN(CC(=O)O)CCN(CC(=O)O)CC1. The van der Waals surface area contributed by atoms with E-state index in [4.69, 9.17) is 23.7 Å². The van der Waals surface area contributed by atoms with E-state index in [1.54, 1.807) is 38.5 Å². The Morgan fingerprint density at radius 3 is 1.53 bits per heavy atom. The number of hydrogen-bond acceptors (Lipinski definition) is 18. The highest BCUT2D eigenvalue weighted by Crippen LogP contribution is 2.21. The summed E-state index contributed by atoms with van der Waals surface area (Å²) >= 11 is 1.71. The summed E-state index contributed by atoms with van der Waals surface area (Å²) in [5, 5.41) is 50.0. The van der Waals surface area contributed by atoms with Crippen LogP contribution in [0, 0.1) is 10.8 Å². The molecule has 77 heavy (non-hydrogen) atoms. The van der Waals surface area contributed by atoms with Crippen molar-refractivity contribution >= 4 is 59.3 Å². The number of carbonyl (C=O) groups is 8. The van der Waals surface area contributed by atoms with Gasteiger partial charge in [-0.25, -0.2) is 0 Å². The van der Waals surface area contributed by atoms with Crippen LogP contribution in [0.5, 0.6) is 0 Å². The lowest BCUT2D eigenvalue weighted by molar-refractivity contribution is -0.145. The van der Waals surface area contributed by atoms with Crippen molar-refractivity contribution in [3.63, 3.8) is 0 Å². The lowest BCUT2D eigenvalue weighted by Crippen LogP contribution is -2.52. The monoisotopic (exact) mass is 1120 g/mol. The van der Waals surface area contributed by atoms with E-state index in [9.17, 15) is 58.8 Å². The summed E-state index contributed by atoms with van der Waals surface area (Å²) in [5.41, 5.74) is -0.311. The zero-order chi connectivity index (χ0) is 57.5. The number of nitrogens with zero attached hydrogens (tertiary/aromatic N) is 4. The topological polar surface area (TPSA) is 325 Å². The smallest absolute Gasteiger partial charge is 0.320 e. The zero-order valence-corrected chi connectivity index (χ0v) is 47.6. The third kappa shape index (κ3) is 38.1. The van der Waals surface area contributed by atoms with Crippen molar-refractivity contribution < 1.29 is 82.5 Å². The molecule has 4 amide bonds. The number of thioether (sulfide) groups is 1. The molecule has 1 heterocycles. The van der Waals surface area contributed by atoms with Gasteiger partial charge in [-0.05, 0) is 50.5 Å². The van der Waals surface area contributed by atoms with Crippen molar-refractivity contribution in [1.29, 1.82) is 0 Å². The van der Waals surface area contributed by atoms with Crippen LogP contribution in [0.1, 0.15) is 85.5 Å². The predicted octanol–water partition coefficient (Wildman–Crippen LogP) is 0.387. The molecule has 1 aliphatic heterocycles. The van der Waals surface area contributed by atoms with Crippen molar-refractivity contribution in [3.05, 3.63) is 0 Å². The summed E-state index contributed by atoms with van der Waals surface area (Å²) in [7, 11) is 1.67. The zero-order valence-electron chi connectivity index (χ0n) is 46.8. The molecule has 8 N–H and O–H groups in total. The molecule has 0 radical (unpaired) electrons. The first-order valence-corrected chi connectivity index (χ1v) is 28.1. The molecule has 0 aliphatic carbocycles. The lowest BCUT2D eigenvalue weighted by atomic mass is 9.94. The van der Waals surface area contributed by atoms with Gasteiger partial charge in [-0.1, -0.05) is 27.7 Å². The molecule has 0 aromatic rings. The first kappa shape index (κ1) is 70.8. The molecule has 25 nitrogen and oxygen atoms in total. The van der Waals surface area contributed by atoms with Gasteiger partial charge in [-0.15, -0.1) is 0 Å². The average molecular weight is 1120 g/mol. The second-order valence-electron chi connectivity index (χ2n) is 20.8. The van der Waals surface area contributed by atoms with Crippen molar-refractivity contribution in [2.45, 2.75) is 97.6 Å². The van der Waals surface area contributed by atoms with E-state index in [1.165, 1.54) is 0 Å². The molecule has 1 aliphatic rings. The number of unbranched alkanes of at least 4 members (excludes halogenated alkanes) is 2. The van der Waals surface area contributed by atoms with Crippen LogP contribution in [-0.4, -0.2) is 270 Å². The molecule has 0 bridgehead atoms. The van der Waals surface area contributed by atoms with Crippen LogP contribution in [0.15, 0.2) is 0 Å². The highest BCUT2D eigenvalue weighted by Gasteiger charge is 2.29. The minimum absolute atomic E-state index is 0.0779. The largest absolute Gasteiger partial charge is 0.480 e. The van der Waals surface area contributed by atoms with Crippen molar-refractivity contribution in [2.75, 3.05) is 170 Å². The van der Waals surface area contributed by atoms with Crippen LogP contribution in [0.2, 0.25) is 0 Å². The molecule has 26 heteroatoms. The first-order chi connectivity index (χ1) is 36.6. The van der Waals surface area contributed by atoms with Crippen LogP contribution in [0.3, 0.4) is 0 Å². The molecule has 2 atom stereocenters. The maximum atomic E-state index is 13.2. The number of carbonyl (C=O) groups excluding carboxylic acids is 4. The summed E-state index contributed by atoms with van der Waals surface area (Å²) in [4.78, 5) is 105. The number of amides is 4. The lowest BCUT2D eigenvalue weighted by Gasteiger charge is -2.35. The number of rotatable bonds is 43. The van der Waals surface area contributed by atoms with Gasteiger partial charge in [-0.2, -0.15) is 11.8 Å². The van der Waals surface area contributed by atoms with Crippen LogP contribution < -0.4 is 21.3 Å². The number of carboxylic acids is 4. The van der Waals surface area contributed by atoms with Gasteiger partial charge in [-0.3, -0.25) is 58.0 Å². The quantitative estimate of drug-likeness (QED) is 0.0383. The number of methoxy groups -OCH3 is 1. The standard InChI is InChI=1S/C51H94N8O17S/c1-50(2,36-72-5)38-76-39-51(3,4)37-75-27-15-43(61)52-16-9-7-11-40(55-44(62)12-8-10-32-77-6)48(69)54-18-29-74-31-30-73-28-17-53-42(60)14-13-41(49(70)71)59-25-23-57(34-46(65)66)21-19-56(33-45(63)64)20-22-58(24-26-59)35-47(67)68/h40-41H,7-39H2,1-6H3,(H,52,61)(H,53,60)(H,54,69)(H,55,62)(H,63,64)(H,65,66)(H,67,68)(H,70,71)/t40-,41?/m0/s1. The fourth-order valence-electron chi connectivity index (χ4n) is 8.13. The van der Waals surface area contributed by atoms with Gasteiger partial charge in [0.25, 0.3) is 0 Å². The fourth-order valence-corrected chi connectivity index (χ4v) is 8.63. The van der Waals surface area contributed by atoms with E-state index in [2.05, 4.69) is 49.0 Å². The Morgan fingerprint density at radius 1 is 0.519 bits per heavy atom. The van der Waals surface area contributed by atoms with Crippen LogP contribution >= 0.6 is 11.8 Å². The number of hydrogen-bond donors (Lipinski definition) is 8. The van der Waals surface area contributed by atoms with Gasteiger partial charge in [0.1, 0.15) is 12.1 Å². The van der Waals surface area contributed by atoms with Crippen molar-refractivity contribution in [2.24, 2.45) is 10.8 Å². The van der Waals surface area contributed by atoms with Gasteiger partial charge >= 0.3 is 23.9 Å². The van der Waals surface area contributed by atoms with Gasteiger partial charge in [0.2, 0.25) is 23.6 Å². The second-order valence-corrected chi connectivity index (χ2v) is 21.8. The highest BCUT2D eigenvalue weighted by atomic mass is 32.2. The maximum Gasteiger partial charge on any atom is 0.320 e. The summed E-state index contributed by atoms with van der Waals surface area (Å²) in [6.45, 7) is 12.3. The molecule has 1 rings (SSSR count). The molecule has 0 aromatic heterocycles. The van der Waals surface area contributed by atoms with Crippen molar-refractivity contribution in [3.8, 4) is 0 Å². The van der Waals surface area contributed by atoms with E-state index in [0.717, 1.165) is 12.2 Å². The number of carboxylic acid groups (broad SMARTS) is 4. The van der Waals surface area contributed by atoms with Crippen molar-refractivity contribution in [1.82, 2.24) is 40.9 Å². The molecule has 0 spiro atoms. The molecule has 1 unspecified atom stereocenters. The fraction of sp³-hybridized carbons (Fsp3) is 0.843. The van der Waals surface area contributed by atoms with Gasteiger partial charge in [0, 0.05) is 109 Å². The predicted molar refractivity (Wildman–Crippen MR) is 289 cm³/mol. The van der Waals surface area contributed by atoms with Gasteiger partial charge in [0.05, 0.1) is 79.1 Å². The Kier molecular flexibility index (Phi) is 38.4. The first-order valence-electron chi connectivity index (χ1n) is 26.7. The summed E-state index contributed by atoms with van der Waals surface area (Å²) < 4.78 is 28.1. The van der Waals surface area contributed by atoms with Gasteiger partial charge < -0.3 is 65.4 Å². The molecule has 446 valence electrons. The number of ether oxygens (including phenoxy) is 5. The Bertz CT molecular complexity index is 1700. The third-order valence-electron chi connectivity index (χ3n) is 12.2. The van der Waals surface area contributed by atoms with E-state index in [0.29, 0.717) is 65.1 Å². The van der Waals surface area contributed by atoms with E-state index < -0.39 is 41.9 Å². The Morgan fingerprint density at radius 2 is 1.01 bits per heavy atom. The van der Waals surface area contributed by atoms with Crippen LogP contribution in [-0.2, 0) is 62.0 Å². The molecule has 0 saturated carbocycles. The van der Waals surface area contributed by atoms with E-state index in [-0.39, 0.29) is 166 Å². The third-order valence-corrected chi connectivity index (χ3v) is 12.9. The normalized spacial score (nSPS) is 15.6. The summed E-state index contributed by atoms with van der Waals surface area (Å²) in [6, 6.07) is -1.90. The Balaban J connectivity index is 2.52. The molecule has 1 fully saturated rings. The summed E-state index contributed by atoms with van der Waals surface area (Å²) in [6.07, 6.45) is 5.49. The van der Waals surface area contributed by atoms with Crippen LogP contribution in [0.25, 0.3) is 0 Å². The molecular weight excluding hydrogens is 1030 g/mol. The molecule has 0 aromatic carbocycles. The Labute approximate surface area is 459 Å². The van der Waals surface area contributed by atoms with Crippen LogP contribution in [0.4, 0.5) is 0 Å². The second kappa shape index (κ2) is 41.7. The average Bonchev–Trinajstić information content (AvgIpc) is 3.34.